The van der Waals surface area contributed by atoms with Gasteiger partial charge >= 0.3 is 6.01 Å². The zero-order valence-electron chi connectivity index (χ0n) is 12.2. The van der Waals surface area contributed by atoms with E-state index in [9.17, 15) is 0 Å². The average Bonchev–Trinajstić information content (AvgIpc) is 3.15. The fourth-order valence-corrected chi connectivity index (χ4v) is 1.94. The topological polar surface area (TPSA) is 77.8 Å². The number of nitrogens with zero attached hydrogens (tertiary/aromatic N) is 5. The highest BCUT2D eigenvalue weighted by Gasteiger charge is 2.21. The molecule has 1 saturated carbocycles. The van der Waals surface area contributed by atoms with Crippen LogP contribution in [0.4, 0.5) is 5.95 Å². The summed E-state index contributed by atoms with van der Waals surface area (Å²) in [4.78, 5) is 13.0. The van der Waals surface area contributed by atoms with Crippen LogP contribution in [0.25, 0.3) is 5.95 Å². The van der Waals surface area contributed by atoms with Gasteiger partial charge in [-0.2, -0.15) is 20.1 Å². The highest BCUT2D eigenvalue weighted by atomic mass is 16.5. The molecule has 2 aromatic rings. The number of anilines is 1. The third-order valence-electron chi connectivity index (χ3n) is 3.30. The van der Waals surface area contributed by atoms with Gasteiger partial charge in [-0.15, -0.1) is 0 Å². The van der Waals surface area contributed by atoms with Crippen LogP contribution in [0.2, 0.25) is 0 Å². The van der Waals surface area contributed by atoms with E-state index in [1.165, 1.54) is 12.8 Å². The third kappa shape index (κ3) is 3.90. The van der Waals surface area contributed by atoms with Crippen LogP contribution in [0, 0.1) is 5.92 Å². The van der Waals surface area contributed by atoms with Crippen molar-refractivity contribution in [2.45, 2.75) is 32.6 Å². The fraction of sp³-hybridized carbons (Fsp3) is 0.571. The summed E-state index contributed by atoms with van der Waals surface area (Å²) in [6.07, 6.45) is 8.20. The molecular weight excluding hydrogens is 268 g/mol. The van der Waals surface area contributed by atoms with Gasteiger partial charge in [-0.05, 0) is 24.8 Å². The molecule has 1 aliphatic rings. The molecule has 21 heavy (non-hydrogen) atoms. The van der Waals surface area contributed by atoms with Gasteiger partial charge in [-0.3, -0.25) is 0 Å². The molecule has 0 bridgehead atoms. The molecule has 0 unspecified atom stereocenters. The van der Waals surface area contributed by atoms with E-state index in [1.54, 1.807) is 17.1 Å². The molecule has 0 aliphatic heterocycles. The number of hydrogen-bond donors (Lipinski definition) is 1. The van der Waals surface area contributed by atoms with Crippen LogP contribution >= 0.6 is 0 Å². The largest absolute Gasteiger partial charge is 0.463 e. The summed E-state index contributed by atoms with van der Waals surface area (Å²) < 4.78 is 7.28. The van der Waals surface area contributed by atoms with Crippen LogP contribution < -0.4 is 10.1 Å². The third-order valence-corrected chi connectivity index (χ3v) is 3.30. The summed E-state index contributed by atoms with van der Waals surface area (Å²) >= 11 is 0. The Bertz CT molecular complexity index is 567. The Morgan fingerprint density at radius 1 is 1.33 bits per heavy atom. The molecular formula is C14H20N6O. The van der Waals surface area contributed by atoms with Gasteiger partial charge in [0.2, 0.25) is 5.95 Å². The Morgan fingerprint density at radius 3 is 2.95 bits per heavy atom. The molecule has 2 heterocycles. The molecule has 2 aromatic heterocycles. The zero-order chi connectivity index (χ0) is 14.5. The first-order valence-electron chi connectivity index (χ1n) is 7.48. The van der Waals surface area contributed by atoms with Crippen molar-refractivity contribution in [3.05, 3.63) is 18.5 Å². The summed E-state index contributed by atoms with van der Waals surface area (Å²) in [5, 5.41) is 7.31. The lowest BCUT2D eigenvalue weighted by Gasteiger charge is -2.09. The van der Waals surface area contributed by atoms with Gasteiger partial charge in [-0.25, -0.2) is 4.68 Å². The lowest BCUT2D eigenvalue weighted by molar-refractivity contribution is 0.278. The molecule has 0 radical (unpaired) electrons. The predicted molar refractivity (Wildman–Crippen MR) is 78.6 cm³/mol. The number of hydrogen-bond acceptors (Lipinski definition) is 6. The van der Waals surface area contributed by atoms with Crippen molar-refractivity contribution in [2.24, 2.45) is 5.92 Å². The molecule has 1 fully saturated rings. The van der Waals surface area contributed by atoms with Crippen molar-refractivity contribution < 1.29 is 4.74 Å². The standard InChI is InChI=1S/C14H20N6O/c1-2-7-15-12-17-13(20-9-3-8-16-20)19-14(18-12)21-10-6-11-4-5-11/h3,8-9,11H,2,4-7,10H2,1H3,(H,15,17,18,19). The minimum Gasteiger partial charge on any atom is -0.463 e. The van der Waals surface area contributed by atoms with Crippen molar-refractivity contribution in [3.63, 3.8) is 0 Å². The lowest BCUT2D eigenvalue weighted by atomic mass is 10.3. The van der Waals surface area contributed by atoms with Crippen LogP contribution in [-0.2, 0) is 0 Å². The number of ether oxygens (including phenoxy) is 1. The van der Waals surface area contributed by atoms with E-state index in [-0.39, 0.29) is 0 Å². The average molecular weight is 288 g/mol. The molecule has 0 spiro atoms. The van der Waals surface area contributed by atoms with Crippen molar-refractivity contribution >= 4 is 5.95 Å². The van der Waals surface area contributed by atoms with Gasteiger partial charge in [0, 0.05) is 18.9 Å². The van der Waals surface area contributed by atoms with Gasteiger partial charge in [-0.1, -0.05) is 19.8 Å². The van der Waals surface area contributed by atoms with Crippen LogP contribution in [0.5, 0.6) is 6.01 Å². The number of aromatic nitrogens is 5. The predicted octanol–water partition coefficient (Wildman–Crippen LogP) is 2.06. The Balaban J connectivity index is 1.74. The maximum absolute atomic E-state index is 5.67. The summed E-state index contributed by atoms with van der Waals surface area (Å²) in [7, 11) is 0. The lowest BCUT2D eigenvalue weighted by Crippen LogP contribution is -2.12. The summed E-state index contributed by atoms with van der Waals surface area (Å²) in [5.41, 5.74) is 0. The monoisotopic (exact) mass is 288 g/mol. The van der Waals surface area contributed by atoms with Gasteiger partial charge < -0.3 is 10.1 Å². The van der Waals surface area contributed by atoms with Crippen molar-refractivity contribution in [2.75, 3.05) is 18.5 Å². The van der Waals surface area contributed by atoms with Gasteiger partial charge in [0.25, 0.3) is 5.95 Å². The summed E-state index contributed by atoms with van der Waals surface area (Å²) in [5.74, 6) is 1.82. The molecule has 7 heteroatoms. The fourth-order valence-electron chi connectivity index (χ4n) is 1.94. The second kappa shape index (κ2) is 6.51. The van der Waals surface area contributed by atoms with E-state index in [2.05, 4.69) is 32.3 Å². The molecule has 0 amide bonds. The van der Waals surface area contributed by atoms with Gasteiger partial charge in [0.15, 0.2) is 0 Å². The second-order valence-electron chi connectivity index (χ2n) is 5.20. The van der Waals surface area contributed by atoms with E-state index < -0.39 is 0 Å². The first-order chi connectivity index (χ1) is 10.3. The van der Waals surface area contributed by atoms with E-state index in [0.29, 0.717) is 24.5 Å². The molecule has 112 valence electrons. The molecule has 0 aromatic carbocycles. The summed E-state index contributed by atoms with van der Waals surface area (Å²) in [6, 6.07) is 2.19. The van der Waals surface area contributed by atoms with Crippen molar-refractivity contribution in [3.8, 4) is 12.0 Å². The Kier molecular flexibility index (Phi) is 4.28. The van der Waals surface area contributed by atoms with Crippen LogP contribution in [0.3, 0.4) is 0 Å². The smallest absolute Gasteiger partial charge is 0.323 e. The van der Waals surface area contributed by atoms with Crippen molar-refractivity contribution in [1.82, 2.24) is 24.7 Å². The maximum Gasteiger partial charge on any atom is 0.323 e. The van der Waals surface area contributed by atoms with Crippen molar-refractivity contribution in [1.29, 1.82) is 0 Å². The highest BCUT2D eigenvalue weighted by Crippen LogP contribution is 2.32. The minimum absolute atomic E-state index is 0.356. The van der Waals surface area contributed by atoms with E-state index in [1.807, 2.05) is 6.07 Å². The molecule has 0 atom stereocenters. The van der Waals surface area contributed by atoms with Crippen LogP contribution in [0.15, 0.2) is 18.5 Å². The van der Waals surface area contributed by atoms with Gasteiger partial charge in [0.05, 0.1) is 6.61 Å². The normalized spacial score (nSPS) is 14.1. The van der Waals surface area contributed by atoms with Crippen LogP contribution in [-0.4, -0.2) is 37.9 Å². The Morgan fingerprint density at radius 2 is 2.24 bits per heavy atom. The SMILES string of the molecule is CCCNc1nc(OCCC2CC2)nc(-n2cccn2)n1. The Hall–Kier alpha value is -2.18. The zero-order valence-corrected chi connectivity index (χ0v) is 12.2. The Labute approximate surface area is 123 Å². The van der Waals surface area contributed by atoms with E-state index in [4.69, 9.17) is 4.74 Å². The number of rotatable bonds is 8. The summed E-state index contributed by atoms with van der Waals surface area (Å²) in [6.45, 7) is 3.56. The molecule has 1 N–H and O–H groups in total. The van der Waals surface area contributed by atoms with Crippen LogP contribution in [0.1, 0.15) is 32.6 Å². The molecule has 3 rings (SSSR count). The van der Waals surface area contributed by atoms with E-state index >= 15 is 0 Å². The first-order valence-corrected chi connectivity index (χ1v) is 7.48. The molecule has 0 saturated heterocycles. The molecule has 1 aliphatic carbocycles. The minimum atomic E-state index is 0.356. The molecule has 7 nitrogen and oxygen atoms in total. The number of nitrogens with one attached hydrogen (secondary N) is 1. The van der Waals surface area contributed by atoms with Gasteiger partial charge in [0.1, 0.15) is 0 Å². The maximum atomic E-state index is 5.67. The second-order valence-corrected chi connectivity index (χ2v) is 5.20. The van der Waals surface area contributed by atoms with E-state index in [0.717, 1.165) is 25.3 Å². The quantitative estimate of drug-likeness (QED) is 0.801. The highest BCUT2D eigenvalue weighted by molar-refractivity contribution is 5.29. The first kappa shape index (κ1) is 13.8.